The van der Waals surface area contributed by atoms with E-state index in [1.165, 1.54) is 6.20 Å². The van der Waals surface area contributed by atoms with Crippen molar-refractivity contribution in [2.24, 2.45) is 0 Å². The highest BCUT2D eigenvalue weighted by molar-refractivity contribution is 7.13. The maximum absolute atomic E-state index is 13.1. The molecule has 10 nitrogen and oxygen atoms in total. The first-order chi connectivity index (χ1) is 20.4. The van der Waals surface area contributed by atoms with E-state index >= 15 is 0 Å². The average Bonchev–Trinajstić information content (AvgIpc) is 3.61. The molecule has 1 aliphatic carbocycles. The van der Waals surface area contributed by atoms with Crippen LogP contribution in [0.15, 0.2) is 85.1 Å². The molecular formula is C31H27N3O7S. The van der Waals surface area contributed by atoms with Crippen LogP contribution in [0, 0.1) is 0 Å². The molecule has 1 atom stereocenters. The van der Waals surface area contributed by atoms with Gasteiger partial charge in [0.1, 0.15) is 29.1 Å². The van der Waals surface area contributed by atoms with E-state index in [1.807, 2.05) is 66.7 Å². The van der Waals surface area contributed by atoms with Crippen LogP contribution in [0.2, 0.25) is 0 Å². The summed E-state index contributed by atoms with van der Waals surface area (Å²) in [5.74, 6) is -2.67. The molecule has 4 aromatic rings. The van der Waals surface area contributed by atoms with Crippen molar-refractivity contribution >= 4 is 35.3 Å². The third-order valence-corrected chi connectivity index (χ3v) is 7.73. The number of nitrogens with one attached hydrogen (secondary N) is 2. The lowest BCUT2D eigenvalue weighted by atomic mass is 9.98. The van der Waals surface area contributed by atoms with Crippen LogP contribution in [0.1, 0.15) is 43.7 Å². The molecule has 2 amide bonds. The number of aromatic carboxylic acids is 1. The second kappa shape index (κ2) is 13.1. The van der Waals surface area contributed by atoms with Crippen molar-refractivity contribution in [1.29, 1.82) is 0 Å². The maximum Gasteiger partial charge on any atom is 0.407 e. The zero-order valence-corrected chi connectivity index (χ0v) is 23.1. The Morgan fingerprint density at radius 3 is 2.17 bits per heavy atom. The van der Waals surface area contributed by atoms with E-state index in [1.54, 1.807) is 12.1 Å². The number of aromatic nitrogens is 1. The minimum absolute atomic E-state index is 0.00996. The fourth-order valence-corrected chi connectivity index (χ4v) is 5.43. The molecule has 1 aromatic heterocycles. The number of rotatable bonds is 11. The van der Waals surface area contributed by atoms with Gasteiger partial charge in [-0.2, -0.15) is 0 Å². The summed E-state index contributed by atoms with van der Waals surface area (Å²) in [7, 11) is 0. The van der Waals surface area contributed by atoms with Crippen LogP contribution in [0.5, 0.6) is 0 Å². The summed E-state index contributed by atoms with van der Waals surface area (Å²) < 4.78 is 10.9. The van der Waals surface area contributed by atoms with Crippen molar-refractivity contribution in [2.75, 3.05) is 6.61 Å². The number of alkyl carbamates (subject to hydrolysis) is 1. The second-order valence-electron chi connectivity index (χ2n) is 9.51. The number of hydrogen-bond donors (Lipinski definition) is 3. The monoisotopic (exact) mass is 585 g/mol. The van der Waals surface area contributed by atoms with Crippen LogP contribution in [-0.2, 0) is 32.2 Å². The van der Waals surface area contributed by atoms with Crippen molar-refractivity contribution in [2.45, 2.75) is 31.5 Å². The van der Waals surface area contributed by atoms with Crippen LogP contribution in [0.4, 0.5) is 4.79 Å². The van der Waals surface area contributed by atoms with Crippen LogP contribution in [0.25, 0.3) is 11.1 Å². The number of carboxylic acids is 1. The van der Waals surface area contributed by atoms with Gasteiger partial charge in [0.15, 0.2) is 0 Å². The predicted molar refractivity (Wildman–Crippen MR) is 154 cm³/mol. The molecule has 0 saturated carbocycles. The van der Waals surface area contributed by atoms with E-state index in [9.17, 15) is 19.2 Å². The Hall–Kier alpha value is -5.03. The number of fused-ring (bicyclic) bond motifs is 3. The van der Waals surface area contributed by atoms with Crippen LogP contribution >= 0.6 is 11.3 Å². The Bertz CT molecular complexity index is 1560. The first-order valence-corrected chi connectivity index (χ1v) is 14.0. The third kappa shape index (κ3) is 6.81. The molecule has 0 fully saturated rings. The van der Waals surface area contributed by atoms with Gasteiger partial charge in [0.05, 0.1) is 19.2 Å². The highest BCUT2D eigenvalue weighted by Crippen LogP contribution is 2.44. The molecule has 1 aliphatic rings. The summed E-state index contributed by atoms with van der Waals surface area (Å²) in [6.45, 7) is -0.0432. The summed E-state index contributed by atoms with van der Waals surface area (Å²) >= 11 is 0.910. The molecule has 5 rings (SSSR count). The van der Waals surface area contributed by atoms with Crippen molar-refractivity contribution in [3.8, 4) is 11.1 Å². The number of carbonyl (C=O) groups excluding carboxylic acids is 3. The van der Waals surface area contributed by atoms with Crippen molar-refractivity contribution in [3.05, 3.63) is 112 Å². The first-order valence-electron chi connectivity index (χ1n) is 13.2. The lowest BCUT2D eigenvalue weighted by Crippen LogP contribution is -2.48. The summed E-state index contributed by atoms with van der Waals surface area (Å²) in [5, 5.41) is 14.5. The van der Waals surface area contributed by atoms with Crippen LogP contribution in [0.3, 0.4) is 0 Å². The van der Waals surface area contributed by atoms with Gasteiger partial charge in [-0.15, -0.1) is 11.3 Å². The van der Waals surface area contributed by atoms with Crippen molar-refractivity contribution < 1.29 is 33.8 Å². The van der Waals surface area contributed by atoms with Gasteiger partial charge in [0, 0.05) is 5.92 Å². The molecule has 0 spiro atoms. The van der Waals surface area contributed by atoms with Gasteiger partial charge in [-0.1, -0.05) is 78.9 Å². The van der Waals surface area contributed by atoms with Crippen molar-refractivity contribution in [3.63, 3.8) is 0 Å². The van der Waals surface area contributed by atoms with Gasteiger partial charge >= 0.3 is 18.0 Å². The molecule has 3 aromatic carbocycles. The summed E-state index contributed by atoms with van der Waals surface area (Å²) in [6, 6.07) is 23.6. The van der Waals surface area contributed by atoms with E-state index in [0.717, 1.165) is 39.2 Å². The number of benzene rings is 3. The molecule has 0 radical (unpaired) electrons. The van der Waals surface area contributed by atoms with Crippen LogP contribution in [-0.4, -0.2) is 46.7 Å². The topological polar surface area (TPSA) is 144 Å². The number of esters is 1. The number of thiazole rings is 1. The molecule has 42 heavy (non-hydrogen) atoms. The Balaban J connectivity index is 1.23. The lowest BCUT2D eigenvalue weighted by molar-refractivity contribution is -0.147. The van der Waals surface area contributed by atoms with Gasteiger partial charge in [-0.25, -0.2) is 14.6 Å². The zero-order chi connectivity index (χ0) is 29.5. The molecule has 1 heterocycles. The molecule has 0 saturated heterocycles. The fraction of sp³-hybridized carbons (Fsp3) is 0.194. The third-order valence-electron chi connectivity index (χ3n) is 6.74. The number of hydrogen-bond acceptors (Lipinski definition) is 8. The standard InChI is InChI=1S/C31H27N3O7S/c35-28(40-17-19-8-2-1-3-9-19)14-25(29(36)33-16-27-32-15-26(42-27)30(37)38)34-31(39)41-18-24-22-12-6-4-10-20(22)21-11-5-7-13-23(21)24/h1-13,15,24-25H,14,16-18H2,(H,33,36)(H,34,39)(H,37,38)/t25-/m0/s1. The van der Waals surface area contributed by atoms with Gasteiger partial charge in [-0.05, 0) is 27.8 Å². The minimum atomic E-state index is -1.30. The Morgan fingerprint density at radius 2 is 1.52 bits per heavy atom. The molecule has 11 heteroatoms. The van der Waals surface area contributed by atoms with Crippen molar-refractivity contribution in [1.82, 2.24) is 15.6 Å². The summed E-state index contributed by atoms with van der Waals surface area (Å²) in [4.78, 5) is 53.7. The highest BCUT2D eigenvalue weighted by atomic mass is 32.1. The quantitative estimate of drug-likeness (QED) is 0.218. The molecule has 3 N–H and O–H groups in total. The number of nitrogens with zero attached hydrogens (tertiary/aromatic N) is 1. The van der Waals surface area contributed by atoms with Gasteiger partial charge in [0.2, 0.25) is 5.91 Å². The van der Waals surface area contributed by atoms with Gasteiger partial charge in [-0.3, -0.25) is 9.59 Å². The first kappa shape index (κ1) is 28.5. The fourth-order valence-electron chi connectivity index (χ4n) is 4.73. The van der Waals surface area contributed by atoms with E-state index < -0.39 is 36.4 Å². The largest absolute Gasteiger partial charge is 0.477 e. The Morgan fingerprint density at radius 1 is 0.881 bits per heavy atom. The van der Waals surface area contributed by atoms with E-state index in [4.69, 9.17) is 14.6 Å². The van der Waals surface area contributed by atoms with E-state index in [0.29, 0.717) is 5.01 Å². The van der Waals surface area contributed by atoms with Gasteiger partial charge in [0.25, 0.3) is 0 Å². The normalized spacial score (nSPS) is 12.5. The predicted octanol–water partition coefficient (Wildman–Crippen LogP) is 4.50. The average molecular weight is 586 g/mol. The number of carboxylic acid groups (broad SMARTS) is 1. The molecule has 0 bridgehead atoms. The SMILES string of the molecule is O=C(C[C@H](NC(=O)OCC1c2ccccc2-c2ccccc21)C(=O)NCc1ncc(C(=O)O)s1)OCc1ccccc1. The maximum atomic E-state index is 13.1. The minimum Gasteiger partial charge on any atom is -0.477 e. The highest BCUT2D eigenvalue weighted by Gasteiger charge is 2.30. The Kier molecular flexibility index (Phi) is 8.88. The number of ether oxygens (including phenoxy) is 2. The molecule has 0 aliphatic heterocycles. The Labute approximate surface area is 245 Å². The van der Waals surface area contributed by atoms with Crippen LogP contribution < -0.4 is 10.6 Å². The van der Waals surface area contributed by atoms with E-state index in [-0.39, 0.29) is 30.6 Å². The molecule has 0 unspecified atom stereocenters. The second-order valence-corrected chi connectivity index (χ2v) is 10.6. The lowest BCUT2D eigenvalue weighted by Gasteiger charge is -2.19. The zero-order valence-electron chi connectivity index (χ0n) is 22.3. The molecule has 214 valence electrons. The number of amides is 2. The smallest absolute Gasteiger partial charge is 0.407 e. The molecular weight excluding hydrogens is 558 g/mol. The number of carbonyl (C=O) groups is 4. The summed E-state index contributed by atoms with van der Waals surface area (Å²) in [5.41, 5.74) is 5.00. The van der Waals surface area contributed by atoms with E-state index in [2.05, 4.69) is 15.6 Å². The summed E-state index contributed by atoms with van der Waals surface area (Å²) in [6.07, 6.45) is -0.113. The van der Waals surface area contributed by atoms with Gasteiger partial charge < -0.3 is 25.2 Å².